The van der Waals surface area contributed by atoms with Gasteiger partial charge in [-0.3, -0.25) is 5.43 Å². The third-order valence-electron chi connectivity index (χ3n) is 0.766. The Morgan fingerprint density at radius 3 is 2.40 bits per heavy atom. The van der Waals surface area contributed by atoms with Gasteiger partial charge in [-0.1, -0.05) is 26.8 Å². The van der Waals surface area contributed by atoms with Crippen LogP contribution in [0, 0.1) is 0 Å². The number of hydrogen-bond donors (Lipinski definition) is 1. The van der Waals surface area contributed by atoms with Crippen molar-refractivity contribution in [2.45, 2.75) is 34.1 Å². The van der Waals surface area contributed by atoms with Crippen LogP contribution in [0.3, 0.4) is 0 Å². The summed E-state index contributed by atoms with van der Waals surface area (Å²) in [4.78, 5) is 0. The van der Waals surface area contributed by atoms with Crippen molar-refractivity contribution < 1.29 is 0 Å². The number of allylic oxidation sites excluding steroid dienone is 2. The normalized spacial score (nSPS) is 9.40. The van der Waals surface area contributed by atoms with Gasteiger partial charge in [0.05, 0.1) is 0 Å². The highest BCUT2D eigenvalue weighted by Gasteiger charge is 1.77. The van der Waals surface area contributed by atoms with E-state index in [1.807, 2.05) is 20.8 Å². The molecule has 1 N–H and O–H groups in total. The van der Waals surface area contributed by atoms with Crippen molar-refractivity contribution in [3.05, 3.63) is 11.8 Å². The second-order valence-electron chi connectivity index (χ2n) is 1.57. The van der Waals surface area contributed by atoms with Crippen molar-refractivity contribution in [1.82, 2.24) is 5.43 Å². The molecule has 0 saturated carbocycles. The second-order valence-corrected chi connectivity index (χ2v) is 1.57. The van der Waals surface area contributed by atoms with Gasteiger partial charge < -0.3 is 0 Å². The molecule has 0 aromatic rings. The molecular formula is C8H18N2. The van der Waals surface area contributed by atoms with Crippen LogP contribution in [-0.4, -0.2) is 6.72 Å². The number of nitrogens with zero attached hydrogens (tertiary/aromatic N) is 1. The van der Waals surface area contributed by atoms with E-state index in [9.17, 15) is 0 Å². The lowest BCUT2D eigenvalue weighted by Gasteiger charge is -1.94. The van der Waals surface area contributed by atoms with Crippen LogP contribution in [0.15, 0.2) is 16.9 Å². The molecule has 0 heterocycles. The molecule has 0 aromatic carbocycles. The minimum Gasteiger partial charge on any atom is -0.284 e. The lowest BCUT2D eigenvalue weighted by molar-refractivity contribution is 0.885. The zero-order valence-electron chi connectivity index (χ0n) is 7.44. The fourth-order valence-electron chi connectivity index (χ4n) is 0.477. The SMILES string of the molecule is C=NN/C(C)=C\CC.CC. The summed E-state index contributed by atoms with van der Waals surface area (Å²) in [7, 11) is 0. The average molecular weight is 142 g/mol. The molecule has 0 aromatic heterocycles. The van der Waals surface area contributed by atoms with Crippen LogP contribution in [0.5, 0.6) is 0 Å². The van der Waals surface area contributed by atoms with Gasteiger partial charge in [0.1, 0.15) is 0 Å². The first kappa shape index (κ1) is 11.9. The summed E-state index contributed by atoms with van der Waals surface area (Å²) in [6, 6.07) is 0. The molecule has 2 heteroatoms. The minimum atomic E-state index is 1.04. The van der Waals surface area contributed by atoms with E-state index in [-0.39, 0.29) is 0 Å². The molecule has 0 amide bonds. The van der Waals surface area contributed by atoms with Crippen LogP contribution in [0.4, 0.5) is 0 Å². The van der Waals surface area contributed by atoms with E-state index in [0.717, 1.165) is 12.1 Å². The Labute approximate surface area is 64.0 Å². The molecular weight excluding hydrogens is 124 g/mol. The Balaban J connectivity index is 0. The smallest absolute Gasteiger partial charge is 0.0264 e. The molecule has 0 saturated heterocycles. The summed E-state index contributed by atoms with van der Waals surface area (Å²) in [5, 5.41) is 3.49. The van der Waals surface area contributed by atoms with Crippen LogP contribution in [0.2, 0.25) is 0 Å². The molecule has 0 unspecified atom stereocenters. The van der Waals surface area contributed by atoms with Gasteiger partial charge in [-0.2, -0.15) is 5.10 Å². The molecule has 60 valence electrons. The van der Waals surface area contributed by atoms with Gasteiger partial charge in [0.25, 0.3) is 0 Å². The van der Waals surface area contributed by atoms with E-state index in [4.69, 9.17) is 0 Å². The molecule has 0 atom stereocenters. The van der Waals surface area contributed by atoms with Gasteiger partial charge in [-0.15, -0.1) is 0 Å². The average Bonchev–Trinajstić information content (AvgIpc) is 1.93. The molecule has 0 radical (unpaired) electrons. The van der Waals surface area contributed by atoms with Crippen LogP contribution in [0.25, 0.3) is 0 Å². The summed E-state index contributed by atoms with van der Waals surface area (Å²) in [5.41, 5.74) is 3.78. The summed E-state index contributed by atoms with van der Waals surface area (Å²) in [5.74, 6) is 0. The lowest BCUT2D eigenvalue weighted by Crippen LogP contribution is -1.98. The topological polar surface area (TPSA) is 24.4 Å². The predicted octanol–water partition coefficient (Wildman–Crippen LogP) is 2.53. The van der Waals surface area contributed by atoms with Gasteiger partial charge in [-0.05, 0) is 13.3 Å². The van der Waals surface area contributed by atoms with Crippen LogP contribution < -0.4 is 5.43 Å². The summed E-state index contributed by atoms with van der Waals surface area (Å²) in [6.07, 6.45) is 3.09. The fourth-order valence-corrected chi connectivity index (χ4v) is 0.477. The van der Waals surface area contributed by atoms with Crippen molar-refractivity contribution in [1.29, 1.82) is 0 Å². The molecule has 0 spiro atoms. The van der Waals surface area contributed by atoms with E-state index < -0.39 is 0 Å². The summed E-state index contributed by atoms with van der Waals surface area (Å²) in [6.45, 7) is 11.3. The van der Waals surface area contributed by atoms with Crippen molar-refractivity contribution in [2.24, 2.45) is 5.10 Å². The molecule has 0 aliphatic rings. The highest BCUT2D eigenvalue weighted by molar-refractivity contribution is 5.23. The maximum atomic E-state index is 3.49. The maximum absolute atomic E-state index is 3.49. The zero-order valence-corrected chi connectivity index (χ0v) is 7.44. The summed E-state index contributed by atoms with van der Waals surface area (Å²) < 4.78 is 0. The third kappa shape index (κ3) is 10.2. The molecule has 2 nitrogen and oxygen atoms in total. The highest BCUT2D eigenvalue weighted by Crippen LogP contribution is 1.87. The Kier molecular flexibility index (Phi) is 13.2. The summed E-state index contributed by atoms with van der Waals surface area (Å²) >= 11 is 0. The first-order valence-corrected chi connectivity index (χ1v) is 3.69. The number of rotatable bonds is 3. The van der Waals surface area contributed by atoms with Gasteiger partial charge in [0.2, 0.25) is 0 Å². The lowest BCUT2D eigenvalue weighted by atomic mass is 10.4. The number of hydrazone groups is 1. The largest absolute Gasteiger partial charge is 0.284 e. The van der Waals surface area contributed by atoms with E-state index in [0.29, 0.717) is 0 Å². The zero-order chi connectivity index (χ0) is 8.41. The van der Waals surface area contributed by atoms with E-state index >= 15 is 0 Å². The monoisotopic (exact) mass is 142 g/mol. The standard InChI is InChI=1S/C6H12N2.C2H6/c1-4-5-6(2)8-7-3;1-2/h5,8H,3-4H2,1-2H3;1-2H3/b6-5-;. The van der Waals surface area contributed by atoms with E-state index in [1.165, 1.54) is 0 Å². The van der Waals surface area contributed by atoms with Crippen LogP contribution in [0.1, 0.15) is 34.1 Å². The maximum Gasteiger partial charge on any atom is 0.0264 e. The van der Waals surface area contributed by atoms with Gasteiger partial charge in [0, 0.05) is 12.4 Å². The Morgan fingerprint density at radius 1 is 1.60 bits per heavy atom. The predicted molar refractivity (Wildman–Crippen MR) is 48.1 cm³/mol. The molecule has 0 bridgehead atoms. The quantitative estimate of drug-likeness (QED) is 0.475. The van der Waals surface area contributed by atoms with Crippen molar-refractivity contribution in [3.8, 4) is 0 Å². The third-order valence-corrected chi connectivity index (χ3v) is 0.766. The highest BCUT2D eigenvalue weighted by atomic mass is 15.3. The molecule has 0 rings (SSSR count). The van der Waals surface area contributed by atoms with E-state index in [1.54, 1.807) is 0 Å². The molecule has 0 fully saturated rings. The molecule has 10 heavy (non-hydrogen) atoms. The first-order chi connectivity index (χ1) is 4.81. The van der Waals surface area contributed by atoms with Gasteiger partial charge in [0.15, 0.2) is 0 Å². The Hall–Kier alpha value is -0.790. The molecule has 0 aliphatic heterocycles. The van der Waals surface area contributed by atoms with Crippen molar-refractivity contribution in [2.75, 3.05) is 0 Å². The Bertz CT molecular complexity index is 95.4. The fraction of sp³-hybridized carbons (Fsp3) is 0.625. The first-order valence-electron chi connectivity index (χ1n) is 3.69. The van der Waals surface area contributed by atoms with Crippen LogP contribution in [-0.2, 0) is 0 Å². The minimum absolute atomic E-state index is 1.04. The van der Waals surface area contributed by atoms with Crippen LogP contribution >= 0.6 is 0 Å². The number of hydrogen-bond acceptors (Lipinski definition) is 2. The van der Waals surface area contributed by atoms with Crippen molar-refractivity contribution >= 4 is 6.72 Å². The second kappa shape index (κ2) is 11.1. The Morgan fingerprint density at radius 2 is 2.10 bits per heavy atom. The van der Waals surface area contributed by atoms with Gasteiger partial charge in [-0.25, -0.2) is 0 Å². The number of nitrogens with one attached hydrogen (secondary N) is 1. The van der Waals surface area contributed by atoms with Gasteiger partial charge >= 0.3 is 0 Å². The van der Waals surface area contributed by atoms with Crippen molar-refractivity contribution in [3.63, 3.8) is 0 Å². The molecule has 0 aliphatic carbocycles. The van der Waals surface area contributed by atoms with E-state index in [2.05, 4.69) is 30.2 Å².